The molecule has 0 radical (unpaired) electrons. The fourth-order valence-corrected chi connectivity index (χ4v) is 5.12. The van der Waals surface area contributed by atoms with E-state index >= 15 is 4.39 Å². The van der Waals surface area contributed by atoms with Gasteiger partial charge in [-0.1, -0.05) is 63.1 Å². The van der Waals surface area contributed by atoms with Gasteiger partial charge in [-0.05, 0) is 78.8 Å². The minimum Gasteiger partial charge on any atom is -0.490 e. The van der Waals surface area contributed by atoms with Gasteiger partial charge < -0.3 is 4.74 Å². The van der Waals surface area contributed by atoms with E-state index in [1.54, 1.807) is 30.3 Å². The summed E-state index contributed by atoms with van der Waals surface area (Å²) < 4.78 is 49.3. The Bertz CT molecular complexity index is 1100. The highest BCUT2D eigenvalue weighted by Gasteiger charge is 2.23. The van der Waals surface area contributed by atoms with Gasteiger partial charge in [0.25, 0.3) is 0 Å². The summed E-state index contributed by atoms with van der Waals surface area (Å²) in [5, 5.41) is 0. The van der Waals surface area contributed by atoms with Gasteiger partial charge in [-0.25, -0.2) is 8.78 Å². The number of hydrogen-bond donors (Lipinski definition) is 0. The average Bonchev–Trinajstić information content (AvgIpc) is 2.86. The van der Waals surface area contributed by atoms with Gasteiger partial charge in [0.1, 0.15) is 5.82 Å². The molecule has 0 amide bonds. The molecule has 0 spiro atoms. The summed E-state index contributed by atoms with van der Waals surface area (Å²) in [6.45, 7) is 4.47. The highest BCUT2D eigenvalue weighted by atomic mass is 19.2. The highest BCUT2D eigenvalue weighted by molar-refractivity contribution is 5.71. The lowest BCUT2D eigenvalue weighted by molar-refractivity contribution is 0.295. The van der Waals surface area contributed by atoms with E-state index in [1.165, 1.54) is 37.8 Å². The highest BCUT2D eigenvalue weighted by Crippen LogP contribution is 2.39. The summed E-state index contributed by atoms with van der Waals surface area (Å²) in [7, 11) is 0. The summed E-state index contributed by atoms with van der Waals surface area (Å²) in [5.41, 5.74) is 2.99. The predicted molar refractivity (Wildman–Crippen MR) is 133 cm³/mol. The van der Waals surface area contributed by atoms with Gasteiger partial charge >= 0.3 is 0 Å². The molecule has 0 unspecified atom stereocenters. The van der Waals surface area contributed by atoms with E-state index < -0.39 is 11.6 Å². The molecule has 1 nitrogen and oxygen atoms in total. The fourth-order valence-electron chi connectivity index (χ4n) is 5.12. The van der Waals surface area contributed by atoms with E-state index in [-0.39, 0.29) is 17.1 Å². The number of hydrogen-bond acceptors (Lipinski definition) is 1. The van der Waals surface area contributed by atoms with Crippen LogP contribution in [0, 0.1) is 23.4 Å². The second kappa shape index (κ2) is 11.1. The predicted octanol–water partition coefficient (Wildman–Crippen LogP) is 9.30. The minimum atomic E-state index is -0.986. The first-order chi connectivity index (χ1) is 16.5. The van der Waals surface area contributed by atoms with Crippen LogP contribution >= 0.6 is 0 Å². The number of halogens is 3. The molecule has 4 rings (SSSR count). The number of benzene rings is 3. The van der Waals surface area contributed by atoms with Crippen molar-refractivity contribution < 1.29 is 17.9 Å². The smallest absolute Gasteiger partial charge is 0.201 e. The topological polar surface area (TPSA) is 9.23 Å². The van der Waals surface area contributed by atoms with Crippen molar-refractivity contribution in [2.75, 3.05) is 6.61 Å². The van der Waals surface area contributed by atoms with Gasteiger partial charge in [-0.3, -0.25) is 0 Å². The van der Waals surface area contributed by atoms with Gasteiger partial charge in [0.15, 0.2) is 11.6 Å². The van der Waals surface area contributed by atoms with E-state index in [2.05, 4.69) is 6.92 Å². The van der Waals surface area contributed by atoms with Crippen molar-refractivity contribution >= 4 is 0 Å². The Balaban J connectivity index is 1.50. The largest absolute Gasteiger partial charge is 0.490 e. The minimum absolute atomic E-state index is 0.0827. The van der Waals surface area contributed by atoms with Crippen LogP contribution < -0.4 is 4.74 Å². The number of rotatable bonds is 8. The zero-order valence-electron chi connectivity index (χ0n) is 20.0. The molecule has 0 N–H and O–H groups in total. The molecule has 0 saturated heterocycles. The van der Waals surface area contributed by atoms with Crippen LogP contribution in [0.4, 0.5) is 13.2 Å². The molecule has 180 valence electrons. The average molecular weight is 467 g/mol. The lowest BCUT2D eigenvalue weighted by atomic mass is 9.77. The van der Waals surface area contributed by atoms with Crippen LogP contribution in [-0.2, 0) is 0 Å². The summed E-state index contributed by atoms with van der Waals surface area (Å²) in [6.07, 6.45) is 7.95. The van der Waals surface area contributed by atoms with Crippen molar-refractivity contribution in [3.05, 3.63) is 77.6 Å². The third kappa shape index (κ3) is 5.32. The molecule has 34 heavy (non-hydrogen) atoms. The second-order valence-electron chi connectivity index (χ2n) is 9.41. The molecule has 1 saturated carbocycles. The van der Waals surface area contributed by atoms with Crippen LogP contribution in [0.5, 0.6) is 5.75 Å². The third-order valence-electron chi connectivity index (χ3n) is 7.02. The Morgan fingerprint density at radius 3 is 2.00 bits per heavy atom. The molecule has 3 aromatic carbocycles. The van der Waals surface area contributed by atoms with Gasteiger partial charge in [0.2, 0.25) is 5.82 Å². The standard InChI is InChI=1S/C30H33F3O/c1-3-5-20-6-8-21(9-7-20)24-14-15-25(27(31)19-24)22-10-12-23(13-11-22)26-16-17-28(34-18-4-2)30(33)29(26)32/h10-17,19-21H,3-9,18H2,1-2H3. The maximum atomic E-state index is 15.1. The monoisotopic (exact) mass is 466 g/mol. The molecule has 3 aromatic rings. The van der Waals surface area contributed by atoms with Gasteiger partial charge in [0, 0.05) is 11.1 Å². The first-order valence-electron chi connectivity index (χ1n) is 12.5. The van der Waals surface area contributed by atoms with E-state index in [0.29, 0.717) is 35.6 Å². The third-order valence-corrected chi connectivity index (χ3v) is 7.02. The van der Waals surface area contributed by atoms with E-state index in [1.807, 2.05) is 19.1 Å². The van der Waals surface area contributed by atoms with Gasteiger partial charge in [-0.15, -0.1) is 0 Å². The molecular formula is C30H33F3O. The Labute approximate surface area is 201 Å². The molecule has 1 aliphatic rings. The maximum absolute atomic E-state index is 15.1. The summed E-state index contributed by atoms with van der Waals surface area (Å²) in [5.74, 6) is -0.995. The van der Waals surface area contributed by atoms with E-state index in [9.17, 15) is 8.78 Å². The van der Waals surface area contributed by atoms with Crippen molar-refractivity contribution in [1.29, 1.82) is 0 Å². The van der Waals surface area contributed by atoms with Gasteiger partial charge in [0.05, 0.1) is 6.61 Å². The quantitative estimate of drug-likeness (QED) is 0.321. The molecule has 4 heteroatoms. The van der Waals surface area contributed by atoms with Crippen LogP contribution in [0.15, 0.2) is 54.6 Å². The van der Waals surface area contributed by atoms with Crippen LogP contribution in [0.2, 0.25) is 0 Å². The molecule has 1 fully saturated rings. The molecule has 0 atom stereocenters. The molecule has 0 aliphatic heterocycles. The zero-order chi connectivity index (χ0) is 24.1. The first-order valence-corrected chi connectivity index (χ1v) is 12.5. The van der Waals surface area contributed by atoms with Crippen molar-refractivity contribution in [3.8, 4) is 28.0 Å². The molecule has 0 heterocycles. The summed E-state index contributed by atoms with van der Waals surface area (Å²) >= 11 is 0. The van der Waals surface area contributed by atoms with Crippen molar-refractivity contribution in [2.24, 2.45) is 5.92 Å². The van der Waals surface area contributed by atoms with Gasteiger partial charge in [-0.2, -0.15) is 4.39 Å². The first kappa shape index (κ1) is 24.4. The Hall–Kier alpha value is -2.75. The summed E-state index contributed by atoms with van der Waals surface area (Å²) in [6, 6.07) is 15.4. The lowest BCUT2D eigenvalue weighted by Crippen LogP contribution is -2.13. The van der Waals surface area contributed by atoms with Crippen LogP contribution in [0.25, 0.3) is 22.3 Å². The zero-order valence-corrected chi connectivity index (χ0v) is 20.0. The Morgan fingerprint density at radius 1 is 0.735 bits per heavy atom. The van der Waals surface area contributed by atoms with Crippen molar-refractivity contribution in [1.82, 2.24) is 0 Å². The van der Waals surface area contributed by atoms with Crippen molar-refractivity contribution in [3.63, 3.8) is 0 Å². The number of ether oxygens (including phenoxy) is 1. The van der Waals surface area contributed by atoms with Crippen LogP contribution in [0.3, 0.4) is 0 Å². The van der Waals surface area contributed by atoms with Crippen LogP contribution in [0.1, 0.15) is 70.3 Å². The normalized spacial score (nSPS) is 18.1. The van der Waals surface area contributed by atoms with E-state index in [4.69, 9.17) is 4.74 Å². The lowest BCUT2D eigenvalue weighted by Gasteiger charge is -2.28. The van der Waals surface area contributed by atoms with Crippen molar-refractivity contribution in [2.45, 2.75) is 64.7 Å². The molecule has 1 aliphatic carbocycles. The second-order valence-corrected chi connectivity index (χ2v) is 9.41. The SMILES string of the molecule is CCCOc1ccc(-c2ccc(-c3ccc(C4CCC(CCC)CC4)cc3F)cc2)c(F)c1F. The summed E-state index contributed by atoms with van der Waals surface area (Å²) in [4.78, 5) is 0. The van der Waals surface area contributed by atoms with Crippen LogP contribution in [-0.4, -0.2) is 6.61 Å². The van der Waals surface area contributed by atoms with E-state index in [0.717, 1.165) is 24.3 Å². The molecule has 0 aromatic heterocycles. The maximum Gasteiger partial charge on any atom is 0.201 e. The Morgan fingerprint density at radius 2 is 1.38 bits per heavy atom. The Kier molecular flexibility index (Phi) is 7.97. The molecule has 0 bridgehead atoms. The fraction of sp³-hybridized carbons (Fsp3) is 0.400. The molecular weight excluding hydrogens is 433 g/mol.